The van der Waals surface area contributed by atoms with E-state index in [0.717, 1.165) is 0 Å². The summed E-state index contributed by atoms with van der Waals surface area (Å²) in [5.74, 6) is -0.451. The highest BCUT2D eigenvalue weighted by Gasteiger charge is 2.54. The number of nitrogens with zero attached hydrogens (tertiary/aromatic N) is 1. The third-order valence-electron chi connectivity index (χ3n) is 3.07. The van der Waals surface area contributed by atoms with Crippen molar-refractivity contribution in [3.05, 3.63) is 26.7 Å². The first kappa shape index (κ1) is 14.4. The van der Waals surface area contributed by atoms with E-state index in [4.69, 9.17) is 34.1 Å². The minimum absolute atomic E-state index is 0.0932. The van der Waals surface area contributed by atoms with E-state index in [1.54, 1.807) is 12.1 Å². The summed E-state index contributed by atoms with van der Waals surface area (Å²) in [4.78, 5) is 12.1. The van der Waals surface area contributed by atoms with Crippen LogP contribution in [0.15, 0.2) is 21.8 Å². The number of hydrogen-bond donors (Lipinski definition) is 3. The Morgan fingerprint density at radius 3 is 2.58 bits per heavy atom. The molecule has 0 atom stereocenters. The third-order valence-corrected chi connectivity index (χ3v) is 4.84. The maximum atomic E-state index is 12.1. The molecule has 1 saturated carbocycles. The molecule has 102 valence electrons. The molecule has 1 aromatic rings. The van der Waals surface area contributed by atoms with Crippen LogP contribution in [-0.4, -0.2) is 17.0 Å². The van der Waals surface area contributed by atoms with Crippen molar-refractivity contribution in [2.24, 2.45) is 16.3 Å². The molecular weight excluding hydrogens is 357 g/mol. The minimum Gasteiger partial charge on any atom is -0.409 e. The van der Waals surface area contributed by atoms with Gasteiger partial charge >= 0.3 is 0 Å². The smallest absolute Gasteiger partial charge is 0.238 e. The predicted molar refractivity (Wildman–Crippen MR) is 77.9 cm³/mol. The summed E-state index contributed by atoms with van der Waals surface area (Å²) in [5, 5.41) is 14.8. The number of oxime groups is 1. The Morgan fingerprint density at radius 2 is 2.05 bits per heavy atom. The summed E-state index contributed by atoms with van der Waals surface area (Å²) < 4.78 is 0.634. The zero-order chi connectivity index (χ0) is 14.2. The molecule has 0 radical (unpaired) electrons. The molecule has 0 aliphatic heterocycles. The van der Waals surface area contributed by atoms with Crippen molar-refractivity contribution in [2.45, 2.75) is 12.8 Å². The Hall–Kier alpha value is -0.980. The number of anilines is 1. The maximum absolute atomic E-state index is 12.1. The Morgan fingerprint density at radius 1 is 1.42 bits per heavy atom. The minimum atomic E-state index is -0.933. The molecule has 0 unspecified atom stereocenters. The normalized spacial score (nSPS) is 17.1. The standard InChI is InChI=1S/C11H10BrCl2N3O2/c12-5-1-2-6(8(14)7(5)13)16-10(18)11(3-4-11)9(15)17-19/h1-2,19H,3-4H2,(H2,15,17)(H,16,18). The van der Waals surface area contributed by atoms with Crippen LogP contribution in [0.5, 0.6) is 0 Å². The van der Waals surface area contributed by atoms with E-state index in [-0.39, 0.29) is 16.8 Å². The maximum Gasteiger partial charge on any atom is 0.238 e. The van der Waals surface area contributed by atoms with Crippen LogP contribution < -0.4 is 11.1 Å². The van der Waals surface area contributed by atoms with Crippen LogP contribution in [0.3, 0.4) is 0 Å². The summed E-state index contributed by atoms with van der Waals surface area (Å²) in [5.41, 5.74) is 4.99. The van der Waals surface area contributed by atoms with Crippen molar-refractivity contribution in [3.63, 3.8) is 0 Å². The lowest BCUT2D eigenvalue weighted by atomic mass is 10.1. The summed E-state index contributed by atoms with van der Waals surface area (Å²) in [7, 11) is 0. The van der Waals surface area contributed by atoms with Gasteiger partial charge in [0.25, 0.3) is 0 Å². The van der Waals surface area contributed by atoms with Gasteiger partial charge in [0, 0.05) is 4.47 Å². The van der Waals surface area contributed by atoms with Crippen LogP contribution in [0.4, 0.5) is 5.69 Å². The first-order valence-electron chi connectivity index (χ1n) is 5.35. The fourth-order valence-corrected chi connectivity index (χ4v) is 2.51. The van der Waals surface area contributed by atoms with E-state index in [1.807, 2.05) is 0 Å². The van der Waals surface area contributed by atoms with Crippen LogP contribution in [0.1, 0.15) is 12.8 Å². The quantitative estimate of drug-likeness (QED) is 0.252. The van der Waals surface area contributed by atoms with E-state index in [2.05, 4.69) is 26.4 Å². The van der Waals surface area contributed by atoms with Crippen LogP contribution in [-0.2, 0) is 4.79 Å². The molecule has 8 heteroatoms. The highest BCUT2D eigenvalue weighted by Crippen LogP contribution is 2.47. The molecule has 0 saturated heterocycles. The number of nitrogens with one attached hydrogen (secondary N) is 1. The molecule has 1 aliphatic carbocycles. The third kappa shape index (κ3) is 2.52. The van der Waals surface area contributed by atoms with Crippen molar-refractivity contribution in [2.75, 3.05) is 5.32 Å². The van der Waals surface area contributed by atoms with Gasteiger partial charge in [0.2, 0.25) is 5.91 Å². The lowest BCUT2D eigenvalue weighted by Gasteiger charge is -2.15. The monoisotopic (exact) mass is 365 g/mol. The van der Waals surface area contributed by atoms with Crippen LogP contribution in [0.25, 0.3) is 0 Å². The number of carbonyl (C=O) groups excluding carboxylic acids is 1. The second-order valence-electron chi connectivity index (χ2n) is 4.24. The summed E-state index contributed by atoms with van der Waals surface area (Å²) in [6.07, 6.45) is 1.08. The number of carbonyl (C=O) groups is 1. The molecule has 19 heavy (non-hydrogen) atoms. The molecular formula is C11H10BrCl2N3O2. The molecule has 5 nitrogen and oxygen atoms in total. The molecule has 1 amide bonds. The van der Waals surface area contributed by atoms with Crippen molar-refractivity contribution < 1.29 is 10.0 Å². The molecule has 1 aliphatic rings. The highest BCUT2D eigenvalue weighted by atomic mass is 79.9. The van der Waals surface area contributed by atoms with E-state index in [1.165, 1.54) is 0 Å². The van der Waals surface area contributed by atoms with Gasteiger partial charge in [-0.1, -0.05) is 28.4 Å². The van der Waals surface area contributed by atoms with Gasteiger partial charge in [0.15, 0.2) is 5.84 Å². The fraction of sp³-hybridized carbons (Fsp3) is 0.273. The van der Waals surface area contributed by atoms with E-state index in [0.29, 0.717) is 28.0 Å². The van der Waals surface area contributed by atoms with Gasteiger partial charge in [0.05, 0.1) is 15.7 Å². The summed E-state index contributed by atoms with van der Waals surface area (Å²) >= 11 is 15.2. The first-order valence-corrected chi connectivity index (χ1v) is 6.90. The number of amides is 1. The lowest BCUT2D eigenvalue weighted by molar-refractivity contribution is -0.119. The molecule has 4 N–H and O–H groups in total. The van der Waals surface area contributed by atoms with Gasteiger partial charge < -0.3 is 16.3 Å². The van der Waals surface area contributed by atoms with Crippen molar-refractivity contribution >= 4 is 56.6 Å². The number of rotatable bonds is 3. The molecule has 1 aromatic carbocycles. The topological polar surface area (TPSA) is 87.7 Å². The zero-order valence-electron chi connectivity index (χ0n) is 9.58. The van der Waals surface area contributed by atoms with E-state index >= 15 is 0 Å². The van der Waals surface area contributed by atoms with Gasteiger partial charge in [-0.25, -0.2) is 0 Å². The van der Waals surface area contributed by atoms with Crippen LogP contribution in [0, 0.1) is 5.41 Å². The van der Waals surface area contributed by atoms with Crippen molar-refractivity contribution in [1.29, 1.82) is 0 Å². The number of benzene rings is 1. The van der Waals surface area contributed by atoms with Gasteiger partial charge in [-0.2, -0.15) is 0 Å². The summed E-state index contributed by atoms with van der Waals surface area (Å²) in [6, 6.07) is 3.30. The van der Waals surface area contributed by atoms with Crippen molar-refractivity contribution in [3.8, 4) is 0 Å². The Bertz CT molecular complexity index is 573. The van der Waals surface area contributed by atoms with Gasteiger partial charge in [-0.05, 0) is 40.9 Å². The predicted octanol–water partition coefficient (Wildman–Crippen LogP) is 3.22. The molecule has 1 fully saturated rings. The zero-order valence-corrected chi connectivity index (χ0v) is 12.7. The highest BCUT2D eigenvalue weighted by molar-refractivity contribution is 9.10. The van der Waals surface area contributed by atoms with Crippen LogP contribution >= 0.6 is 39.1 Å². The van der Waals surface area contributed by atoms with E-state index < -0.39 is 5.41 Å². The van der Waals surface area contributed by atoms with Crippen LogP contribution in [0.2, 0.25) is 10.0 Å². The first-order chi connectivity index (χ1) is 8.92. The largest absolute Gasteiger partial charge is 0.409 e. The Balaban J connectivity index is 2.24. The number of halogens is 3. The SMILES string of the molecule is N/C(=N/O)C1(C(=O)Nc2ccc(Br)c(Cl)c2Cl)CC1. The Labute approximate surface area is 127 Å². The lowest BCUT2D eigenvalue weighted by Crippen LogP contribution is -2.36. The number of amidine groups is 1. The van der Waals surface area contributed by atoms with Gasteiger partial charge in [-0.3, -0.25) is 4.79 Å². The molecule has 2 rings (SSSR count). The molecule has 0 spiro atoms. The summed E-state index contributed by atoms with van der Waals surface area (Å²) in [6.45, 7) is 0. The average Bonchev–Trinajstić information content (AvgIpc) is 3.20. The second-order valence-corrected chi connectivity index (χ2v) is 5.85. The second kappa shape index (κ2) is 5.19. The molecule has 0 aromatic heterocycles. The fourth-order valence-electron chi connectivity index (χ4n) is 1.68. The van der Waals surface area contributed by atoms with Gasteiger partial charge in [-0.15, -0.1) is 0 Å². The van der Waals surface area contributed by atoms with E-state index in [9.17, 15) is 4.79 Å². The molecule has 0 bridgehead atoms. The average molecular weight is 367 g/mol. The number of nitrogens with two attached hydrogens (primary N) is 1. The van der Waals surface area contributed by atoms with Gasteiger partial charge in [0.1, 0.15) is 5.41 Å². The molecule has 0 heterocycles. The number of hydrogen-bond acceptors (Lipinski definition) is 3. The van der Waals surface area contributed by atoms with Crippen molar-refractivity contribution in [1.82, 2.24) is 0 Å². The Kier molecular flexibility index (Phi) is 3.94.